The lowest BCUT2D eigenvalue weighted by Gasteiger charge is -2.44. The summed E-state index contributed by atoms with van der Waals surface area (Å²) in [6, 6.07) is 4.57. The fourth-order valence-electron chi connectivity index (χ4n) is 4.09. The highest BCUT2D eigenvalue weighted by Crippen LogP contribution is 2.35. The lowest BCUT2D eigenvalue weighted by molar-refractivity contribution is -0.134. The number of tetrazole rings is 1. The maximum Gasteiger partial charge on any atom is 0.233 e. The zero-order valence-electron chi connectivity index (χ0n) is 14.2. The topological polar surface area (TPSA) is 63.9 Å². The number of nitrogens with zero attached hydrogens (tertiary/aromatic N) is 5. The molecule has 0 N–H and O–H groups in total. The molecule has 2 atom stereocenters. The molecule has 0 unspecified atom stereocenters. The van der Waals surface area contributed by atoms with Gasteiger partial charge in [-0.25, -0.2) is 4.68 Å². The van der Waals surface area contributed by atoms with Crippen LogP contribution in [0.15, 0.2) is 22.7 Å². The van der Waals surface area contributed by atoms with Crippen LogP contribution in [0.4, 0.5) is 0 Å². The molecule has 1 saturated heterocycles. The second-order valence-corrected chi connectivity index (χ2v) is 8.80. The van der Waals surface area contributed by atoms with Crippen LogP contribution in [0.25, 0.3) is 0 Å². The number of thiophene rings is 1. The fourth-order valence-corrected chi connectivity index (χ4v) is 5.54. The summed E-state index contributed by atoms with van der Waals surface area (Å²) in [5.41, 5.74) is 0. The number of likely N-dealkylation sites (tertiary alicyclic amines) is 1. The summed E-state index contributed by atoms with van der Waals surface area (Å²) in [5, 5.41) is 14.7. The molecule has 1 saturated carbocycles. The highest BCUT2D eigenvalue weighted by molar-refractivity contribution is 7.99. The standard InChI is InChI=1S/C17H23N5OS2/c23-16(21-9-3-6-13-5-1-2-8-15(13)21)12-25-17-18-19-20-22(17)11-14-7-4-10-24-14/h4,7,10,13,15H,1-3,5-6,8-9,11-12H2/t13-,15+/m1/s1. The van der Waals surface area contributed by atoms with Crippen LogP contribution >= 0.6 is 23.1 Å². The molecular formula is C17H23N5OS2. The van der Waals surface area contributed by atoms with Gasteiger partial charge in [0.1, 0.15) is 0 Å². The van der Waals surface area contributed by atoms with Gasteiger partial charge in [0.15, 0.2) is 0 Å². The summed E-state index contributed by atoms with van der Waals surface area (Å²) in [6.45, 7) is 1.58. The Hall–Kier alpha value is -1.41. The second-order valence-electron chi connectivity index (χ2n) is 6.83. The van der Waals surface area contributed by atoms with Crippen molar-refractivity contribution >= 4 is 29.0 Å². The molecule has 8 heteroatoms. The summed E-state index contributed by atoms with van der Waals surface area (Å²) in [6.07, 6.45) is 7.50. The van der Waals surface area contributed by atoms with Crippen LogP contribution in [0, 0.1) is 5.92 Å². The van der Waals surface area contributed by atoms with Crippen molar-refractivity contribution in [1.29, 1.82) is 0 Å². The summed E-state index contributed by atoms with van der Waals surface area (Å²) in [5.74, 6) is 1.39. The Labute approximate surface area is 156 Å². The van der Waals surface area contributed by atoms with Gasteiger partial charge in [0, 0.05) is 17.5 Å². The average molecular weight is 378 g/mol. The molecule has 2 fully saturated rings. The summed E-state index contributed by atoms with van der Waals surface area (Å²) in [4.78, 5) is 16.2. The first-order valence-corrected chi connectivity index (χ1v) is 10.9. The van der Waals surface area contributed by atoms with E-state index in [4.69, 9.17) is 0 Å². The Kier molecular flexibility index (Phi) is 5.36. The quantitative estimate of drug-likeness (QED) is 0.750. The maximum atomic E-state index is 12.8. The Morgan fingerprint density at radius 1 is 1.28 bits per heavy atom. The molecule has 1 amide bonds. The SMILES string of the molecule is O=C(CSc1nnnn1Cc1cccs1)N1CCC[C@H]2CCCC[C@@H]21. The van der Waals surface area contributed by atoms with Gasteiger partial charge in [-0.15, -0.1) is 16.4 Å². The minimum atomic E-state index is 0.243. The van der Waals surface area contributed by atoms with Crippen LogP contribution < -0.4 is 0 Å². The third-order valence-electron chi connectivity index (χ3n) is 5.27. The average Bonchev–Trinajstić information content (AvgIpc) is 3.31. The molecule has 6 nitrogen and oxygen atoms in total. The molecule has 2 aromatic heterocycles. The van der Waals surface area contributed by atoms with E-state index >= 15 is 0 Å². The van der Waals surface area contributed by atoms with E-state index in [1.54, 1.807) is 16.0 Å². The molecule has 134 valence electrons. The van der Waals surface area contributed by atoms with Crippen LogP contribution in [-0.2, 0) is 11.3 Å². The van der Waals surface area contributed by atoms with E-state index in [-0.39, 0.29) is 5.91 Å². The van der Waals surface area contributed by atoms with Crippen molar-refractivity contribution in [3.05, 3.63) is 22.4 Å². The van der Waals surface area contributed by atoms with E-state index in [2.05, 4.69) is 26.5 Å². The molecule has 0 bridgehead atoms. The largest absolute Gasteiger partial charge is 0.339 e. The Balaban J connectivity index is 1.36. The molecule has 25 heavy (non-hydrogen) atoms. The Morgan fingerprint density at radius 3 is 3.04 bits per heavy atom. The number of fused-ring (bicyclic) bond motifs is 1. The molecular weight excluding hydrogens is 354 g/mol. The molecule has 1 aliphatic heterocycles. The normalized spacial score (nSPS) is 23.4. The molecule has 1 aliphatic carbocycles. The van der Waals surface area contributed by atoms with E-state index in [0.717, 1.165) is 24.0 Å². The zero-order valence-corrected chi connectivity index (χ0v) is 15.8. The third kappa shape index (κ3) is 3.89. The molecule has 3 heterocycles. The monoisotopic (exact) mass is 377 g/mol. The maximum absolute atomic E-state index is 12.8. The van der Waals surface area contributed by atoms with Gasteiger partial charge >= 0.3 is 0 Å². The van der Waals surface area contributed by atoms with Gasteiger partial charge in [-0.3, -0.25) is 4.79 Å². The highest BCUT2D eigenvalue weighted by atomic mass is 32.2. The molecule has 2 aliphatic rings. The van der Waals surface area contributed by atoms with Crippen LogP contribution in [-0.4, -0.2) is 49.4 Å². The number of amides is 1. The number of carbonyl (C=O) groups excluding carboxylic acids is 1. The van der Waals surface area contributed by atoms with Gasteiger partial charge in [0.2, 0.25) is 11.1 Å². The van der Waals surface area contributed by atoms with Gasteiger partial charge in [-0.05, 0) is 53.5 Å². The van der Waals surface area contributed by atoms with E-state index in [0.29, 0.717) is 18.3 Å². The summed E-state index contributed by atoms with van der Waals surface area (Å²) < 4.78 is 1.78. The van der Waals surface area contributed by atoms with Crippen molar-refractivity contribution in [2.75, 3.05) is 12.3 Å². The van der Waals surface area contributed by atoms with Crippen LogP contribution in [0.2, 0.25) is 0 Å². The van der Waals surface area contributed by atoms with Crippen LogP contribution in [0.5, 0.6) is 0 Å². The molecule has 4 rings (SSSR count). The summed E-state index contributed by atoms with van der Waals surface area (Å²) in [7, 11) is 0. The Morgan fingerprint density at radius 2 is 2.16 bits per heavy atom. The predicted octanol–water partition coefficient (Wildman–Crippen LogP) is 3.06. The van der Waals surface area contributed by atoms with E-state index in [1.807, 2.05) is 11.4 Å². The van der Waals surface area contributed by atoms with Gasteiger partial charge in [0.05, 0.1) is 12.3 Å². The first-order chi connectivity index (χ1) is 12.3. The van der Waals surface area contributed by atoms with E-state index in [9.17, 15) is 4.79 Å². The molecule has 2 aromatic rings. The van der Waals surface area contributed by atoms with Gasteiger partial charge in [0.25, 0.3) is 0 Å². The van der Waals surface area contributed by atoms with Crippen molar-refractivity contribution in [1.82, 2.24) is 25.1 Å². The van der Waals surface area contributed by atoms with Crippen molar-refractivity contribution in [3.8, 4) is 0 Å². The van der Waals surface area contributed by atoms with Crippen LogP contribution in [0.3, 0.4) is 0 Å². The van der Waals surface area contributed by atoms with Crippen molar-refractivity contribution < 1.29 is 4.79 Å². The number of hydrogen-bond donors (Lipinski definition) is 0. The molecule has 0 radical (unpaired) electrons. The number of piperidine rings is 1. The van der Waals surface area contributed by atoms with Gasteiger partial charge in [-0.2, -0.15) is 0 Å². The number of hydrogen-bond acceptors (Lipinski definition) is 6. The number of carbonyl (C=O) groups is 1. The number of rotatable bonds is 5. The second kappa shape index (κ2) is 7.86. The predicted molar refractivity (Wildman–Crippen MR) is 98.7 cm³/mol. The molecule has 0 aromatic carbocycles. The van der Waals surface area contributed by atoms with Crippen molar-refractivity contribution in [2.24, 2.45) is 5.92 Å². The lowest BCUT2D eigenvalue weighted by Crippen LogP contribution is -2.50. The minimum Gasteiger partial charge on any atom is -0.339 e. The van der Waals surface area contributed by atoms with Gasteiger partial charge < -0.3 is 4.90 Å². The first kappa shape index (κ1) is 17.0. The number of thioether (sulfide) groups is 1. The Bertz CT molecular complexity index is 700. The molecule has 0 spiro atoms. The van der Waals surface area contributed by atoms with E-state index in [1.165, 1.54) is 48.7 Å². The number of aromatic nitrogens is 4. The van der Waals surface area contributed by atoms with Crippen LogP contribution in [0.1, 0.15) is 43.4 Å². The van der Waals surface area contributed by atoms with E-state index < -0.39 is 0 Å². The highest BCUT2D eigenvalue weighted by Gasteiger charge is 2.35. The third-order valence-corrected chi connectivity index (χ3v) is 7.08. The van der Waals surface area contributed by atoms with Crippen molar-refractivity contribution in [2.45, 2.75) is 56.3 Å². The smallest absolute Gasteiger partial charge is 0.233 e. The van der Waals surface area contributed by atoms with Crippen molar-refractivity contribution in [3.63, 3.8) is 0 Å². The van der Waals surface area contributed by atoms with Gasteiger partial charge in [-0.1, -0.05) is 30.7 Å². The minimum absolute atomic E-state index is 0.243. The summed E-state index contributed by atoms with van der Waals surface area (Å²) >= 11 is 3.15. The first-order valence-electron chi connectivity index (χ1n) is 9.02. The zero-order chi connectivity index (χ0) is 17.1. The fraction of sp³-hybridized carbons (Fsp3) is 0.647. The lowest BCUT2D eigenvalue weighted by atomic mass is 9.78.